The molecule has 0 amide bonds. The lowest BCUT2D eigenvalue weighted by Gasteiger charge is -2.28. The lowest BCUT2D eigenvalue weighted by Crippen LogP contribution is -2.42. The molecular formula is C22H27N7S2. The first-order chi connectivity index (χ1) is 15.0. The fourth-order valence-electron chi connectivity index (χ4n) is 3.01. The summed E-state index contributed by atoms with van der Waals surface area (Å²) in [6.07, 6.45) is 0.846. The van der Waals surface area contributed by atoms with Gasteiger partial charge in [0, 0.05) is 30.9 Å². The number of thiazole rings is 1. The van der Waals surface area contributed by atoms with E-state index in [0.717, 1.165) is 36.9 Å². The zero-order chi connectivity index (χ0) is 22.1. The van der Waals surface area contributed by atoms with Crippen LogP contribution in [-0.4, -0.2) is 27.5 Å². The van der Waals surface area contributed by atoms with Crippen LogP contribution in [0.5, 0.6) is 0 Å². The molecule has 0 bridgehead atoms. The van der Waals surface area contributed by atoms with E-state index in [4.69, 9.17) is 29.4 Å². The van der Waals surface area contributed by atoms with E-state index in [1.54, 1.807) is 0 Å². The van der Waals surface area contributed by atoms with Gasteiger partial charge >= 0.3 is 0 Å². The second-order valence-corrected chi connectivity index (χ2v) is 8.36. The number of hydrogen-bond donors (Lipinski definition) is 4. The van der Waals surface area contributed by atoms with Gasteiger partial charge in [0.05, 0.1) is 12.2 Å². The zero-order valence-corrected chi connectivity index (χ0v) is 18.8. The summed E-state index contributed by atoms with van der Waals surface area (Å²) in [7, 11) is 0. The monoisotopic (exact) mass is 453 g/mol. The van der Waals surface area contributed by atoms with E-state index in [0.29, 0.717) is 11.7 Å². The molecule has 4 rings (SSSR count). The molecule has 0 aliphatic carbocycles. The Morgan fingerprint density at radius 2 is 1.71 bits per heavy atom. The van der Waals surface area contributed by atoms with Gasteiger partial charge in [-0.3, -0.25) is 0 Å². The van der Waals surface area contributed by atoms with Crippen LogP contribution in [0.1, 0.15) is 21.7 Å². The number of nitrogens with one attached hydrogen (secondary N) is 1. The average Bonchev–Trinajstić information content (AvgIpc) is 3.20. The van der Waals surface area contributed by atoms with Crippen LogP contribution in [0.3, 0.4) is 0 Å². The summed E-state index contributed by atoms with van der Waals surface area (Å²) in [5, 5.41) is 4.68. The predicted octanol–water partition coefficient (Wildman–Crippen LogP) is 2.63. The smallest absolute Gasteiger partial charge is 0.212 e. The molecule has 7 nitrogen and oxygen atoms in total. The van der Waals surface area contributed by atoms with Crippen LogP contribution in [0, 0.1) is 0 Å². The Balaban J connectivity index is 0.000000287. The third-order valence-electron chi connectivity index (χ3n) is 4.60. The van der Waals surface area contributed by atoms with Crippen molar-refractivity contribution >= 4 is 39.8 Å². The highest BCUT2D eigenvalue weighted by Gasteiger charge is 2.22. The highest BCUT2D eigenvalue weighted by molar-refractivity contribution is 7.80. The van der Waals surface area contributed by atoms with Crippen molar-refractivity contribution in [3.05, 3.63) is 82.4 Å². The van der Waals surface area contributed by atoms with Crippen LogP contribution in [-0.2, 0) is 26.1 Å². The zero-order valence-electron chi connectivity index (χ0n) is 17.2. The molecule has 0 saturated heterocycles. The quantitative estimate of drug-likeness (QED) is 0.272. The molecule has 7 N–H and O–H groups in total. The summed E-state index contributed by atoms with van der Waals surface area (Å²) in [5.74, 6) is 0.0352. The Kier molecular flexibility index (Phi) is 8.34. The van der Waals surface area contributed by atoms with Crippen molar-refractivity contribution in [3.63, 3.8) is 0 Å². The standard InChI is InChI=1S/C15H18N6S2.C7H9N/c16-13(17)20-14-19-11-6-7-21(9-12(11)23-14)15(22)18-8-10-4-2-1-3-5-10;8-6-7-4-2-1-3-5-7/h1-5H,6-9H2,(H,18,22)(H4,16,17,19,20);1-5H,6,8H2. The van der Waals surface area contributed by atoms with Gasteiger partial charge in [0.25, 0.3) is 0 Å². The van der Waals surface area contributed by atoms with Gasteiger partial charge < -0.3 is 27.4 Å². The number of aliphatic imine (C=N–C) groups is 1. The van der Waals surface area contributed by atoms with Gasteiger partial charge in [-0.15, -0.1) is 0 Å². The van der Waals surface area contributed by atoms with Crippen LogP contribution in [0.2, 0.25) is 0 Å². The fraction of sp³-hybridized carbons (Fsp3) is 0.227. The lowest BCUT2D eigenvalue weighted by molar-refractivity contribution is 0.389. The third-order valence-corrected chi connectivity index (χ3v) is 5.98. The Labute approximate surface area is 192 Å². The molecule has 0 atom stereocenters. The van der Waals surface area contributed by atoms with Gasteiger partial charge in [-0.25, -0.2) is 4.98 Å². The Hall–Kier alpha value is -3.01. The van der Waals surface area contributed by atoms with Gasteiger partial charge in [-0.05, 0) is 23.3 Å². The van der Waals surface area contributed by atoms with Crippen molar-refractivity contribution in [1.82, 2.24) is 15.2 Å². The summed E-state index contributed by atoms with van der Waals surface area (Å²) in [5.41, 5.74) is 19.6. The normalized spacial score (nSPS) is 12.2. The Morgan fingerprint density at radius 3 is 2.29 bits per heavy atom. The molecule has 9 heteroatoms. The second-order valence-electron chi connectivity index (χ2n) is 6.91. The van der Waals surface area contributed by atoms with Gasteiger partial charge in [-0.1, -0.05) is 72.0 Å². The molecule has 0 radical (unpaired) electrons. The summed E-state index contributed by atoms with van der Waals surface area (Å²) in [4.78, 5) is 11.8. The maximum atomic E-state index is 5.51. The van der Waals surface area contributed by atoms with E-state index in [9.17, 15) is 0 Å². The first-order valence-electron chi connectivity index (χ1n) is 9.94. The molecular weight excluding hydrogens is 426 g/mol. The number of nitrogens with zero attached hydrogens (tertiary/aromatic N) is 3. The number of nitrogens with two attached hydrogens (primary N) is 3. The Morgan fingerprint density at radius 1 is 1.06 bits per heavy atom. The largest absolute Gasteiger partial charge is 0.370 e. The van der Waals surface area contributed by atoms with Crippen LogP contribution >= 0.6 is 23.6 Å². The van der Waals surface area contributed by atoms with Crippen LogP contribution in [0.15, 0.2) is 65.7 Å². The molecule has 1 aliphatic rings. The maximum Gasteiger partial charge on any atom is 0.212 e. The number of benzene rings is 2. The van der Waals surface area contributed by atoms with E-state index in [-0.39, 0.29) is 5.96 Å². The average molecular weight is 454 g/mol. The molecule has 2 aromatic carbocycles. The van der Waals surface area contributed by atoms with Crippen LogP contribution < -0.4 is 22.5 Å². The van der Waals surface area contributed by atoms with E-state index in [1.165, 1.54) is 27.3 Å². The molecule has 0 spiro atoms. The summed E-state index contributed by atoms with van der Waals surface area (Å²) in [6.45, 7) is 2.96. The van der Waals surface area contributed by atoms with Gasteiger partial charge in [0.1, 0.15) is 0 Å². The predicted molar refractivity (Wildman–Crippen MR) is 132 cm³/mol. The third kappa shape index (κ3) is 7.02. The van der Waals surface area contributed by atoms with Gasteiger partial charge in [-0.2, -0.15) is 4.99 Å². The van der Waals surface area contributed by atoms with E-state index < -0.39 is 0 Å². The topological polar surface area (TPSA) is 119 Å². The Bertz CT molecular complexity index is 999. The molecule has 1 aliphatic heterocycles. The SMILES string of the molecule is NC(N)=Nc1nc2c(s1)CN(C(=S)NCc1ccccc1)CC2.NCc1ccccc1. The summed E-state index contributed by atoms with van der Waals surface area (Å²) >= 11 is 7.02. The van der Waals surface area contributed by atoms with Gasteiger partial charge in [0.15, 0.2) is 11.1 Å². The van der Waals surface area contributed by atoms with Crippen molar-refractivity contribution in [3.8, 4) is 0 Å². The summed E-state index contributed by atoms with van der Waals surface area (Å²) in [6, 6.07) is 20.2. The highest BCUT2D eigenvalue weighted by atomic mass is 32.1. The fourth-order valence-corrected chi connectivity index (χ4v) is 4.25. The van der Waals surface area contributed by atoms with E-state index in [2.05, 4.69) is 32.3 Å². The van der Waals surface area contributed by atoms with Gasteiger partial charge in [0.2, 0.25) is 5.13 Å². The number of fused-ring (bicyclic) bond motifs is 1. The number of hydrogen-bond acceptors (Lipinski definition) is 5. The number of rotatable bonds is 4. The molecule has 0 fully saturated rings. The molecule has 0 saturated carbocycles. The van der Waals surface area contributed by atoms with Crippen molar-refractivity contribution in [1.29, 1.82) is 0 Å². The molecule has 3 aromatic rings. The molecule has 0 unspecified atom stereocenters. The molecule has 1 aromatic heterocycles. The molecule has 31 heavy (non-hydrogen) atoms. The number of thiocarbonyl (C=S) groups is 1. The van der Waals surface area contributed by atoms with Crippen molar-refractivity contribution in [2.75, 3.05) is 6.54 Å². The number of aromatic nitrogens is 1. The highest BCUT2D eigenvalue weighted by Crippen LogP contribution is 2.29. The van der Waals surface area contributed by atoms with Crippen molar-refractivity contribution in [2.24, 2.45) is 22.2 Å². The lowest BCUT2D eigenvalue weighted by atomic mass is 10.2. The van der Waals surface area contributed by atoms with Crippen LogP contribution in [0.4, 0.5) is 5.13 Å². The molecule has 162 valence electrons. The maximum absolute atomic E-state index is 5.51. The molecule has 2 heterocycles. The minimum atomic E-state index is 0.0352. The second kappa shape index (κ2) is 11.4. The summed E-state index contributed by atoms with van der Waals surface area (Å²) < 4.78 is 0. The minimum absolute atomic E-state index is 0.0352. The number of guanidine groups is 1. The van der Waals surface area contributed by atoms with E-state index >= 15 is 0 Å². The van der Waals surface area contributed by atoms with E-state index in [1.807, 2.05) is 48.5 Å². The van der Waals surface area contributed by atoms with Crippen LogP contribution in [0.25, 0.3) is 0 Å². The van der Waals surface area contributed by atoms with Crippen molar-refractivity contribution in [2.45, 2.75) is 26.1 Å². The first kappa shape index (κ1) is 22.7. The van der Waals surface area contributed by atoms with Crippen molar-refractivity contribution < 1.29 is 0 Å². The first-order valence-corrected chi connectivity index (χ1v) is 11.2. The minimum Gasteiger partial charge on any atom is -0.370 e.